The average Bonchev–Trinajstić information content (AvgIpc) is 2.47. The summed E-state index contributed by atoms with van der Waals surface area (Å²) >= 11 is 3.30. The van der Waals surface area contributed by atoms with Crippen LogP contribution in [0.25, 0.3) is 0 Å². The summed E-state index contributed by atoms with van der Waals surface area (Å²) in [7, 11) is 0. The summed E-state index contributed by atoms with van der Waals surface area (Å²) in [5, 5.41) is 14.1. The van der Waals surface area contributed by atoms with E-state index in [9.17, 15) is 14.5 Å². The molecule has 2 aromatic carbocycles. The van der Waals surface area contributed by atoms with E-state index in [1.807, 2.05) is 6.92 Å². The van der Waals surface area contributed by atoms with Crippen LogP contribution < -0.4 is 5.32 Å². The topological polar surface area (TPSA) is 55.2 Å². The zero-order valence-corrected chi connectivity index (χ0v) is 12.9. The van der Waals surface area contributed by atoms with Gasteiger partial charge in [0.2, 0.25) is 0 Å². The lowest BCUT2D eigenvalue weighted by Gasteiger charge is -2.15. The van der Waals surface area contributed by atoms with Crippen molar-refractivity contribution in [2.24, 2.45) is 0 Å². The Hall–Kier alpha value is -1.79. The second-order valence-electron chi connectivity index (χ2n) is 4.65. The molecule has 0 fully saturated rings. The molecule has 0 aliphatic carbocycles. The summed E-state index contributed by atoms with van der Waals surface area (Å²) in [4.78, 5) is 10.6. The first kappa shape index (κ1) is 15.6. The lowest BCUT2D eigenvalue weighted by molar-refractivity contribution is -0.385. The molecule has 1 N–H and O–H groups in total. The molecule has 0 aliphatic rings. The van der Waals surface area contributed by atoms with E-state index in [0.717, 1.165) is 4.47 Å². The molecule has 2 aromatic rings. The molecule has 2 rings (SSSR count). The van der Waals surface area contributed by atoms with Crippen molar-refractivity contribution in [2.45, 2.75) is 19.5 Å². The standard InChI is InChI=1S/C15H14BrFN2O2/c1-10(13-4-2-3-5-15(13)19(20)21)18-9-11-8-12(16)6-7-14(11)17/h2-8,10,18H,9H2,1H3. The summed E-state index contributed by atoms with van der Waals surface area (Å²) in [6.07, 6.45) is 0. The third kappa shape index (κ3) is 3.86. The van der Waals surface area contributed by atoms with Crippen LogP contribution in [0, 0.1) is 15.9 Å². The van der Waals surface area contributed by atoms with Crippen molar-refractivity contribution in [1.82, 2.24) is 5.32 Å². The van der Waals surface area contributed by atoms with Gasteiger partial charge >= 0.3 is 0 Å². The van der Waals surface area contributed by atoms with Crippen molar-refractivity contribution in [1.29, 1.82) is 0 Å². The molecule has 0 saturated heterocycles. The molecular weight excluding hydrogens is 339 g/mol. The third-order valence-electron chi connectivity index (χ3n) is 3.21. The smallest absolute Gasteiger partial charge is 0.274 e. The Balaban J connectivity index is 2.14. The Kier molecular flexibility index (Phi) is 5.03. The van der Waals surface area contributed by atoms with Crippen LogP contribution >= 0.6 is 15.9 Å². The van der Waals surface area contributed by atoms with E-state index in [1.54, 1.807) is 30.3 Å². The van der Waals surface area contributed by atoms with Crippen LogP contribution in [0.3, 0.4) is 0 Å². The van der Waals surface area contributed by atoms with Crippen molar-refractivity contribution in [2.75, 3.05) is 0 Å². The minimum Gasteiger partial charge on any atom is -0.306 e. The van der Waals surface area contributed by atoms with Crippen molar-refractivity contribution in [3.05, 3.63) is 74.0 Å². The van der Waals surface area contributed by atoms with Crippen molar-refractivity contribution >= 4 is 21.6 Å². The van der Waals surface area contributed by atoms with Gasteiger partial charge in [-0.2, -0.15) is 0 Å². The summed E-state index contributed by atoms with van der Waals surface area (Å²) in [5.41, 5.74) is 1.15. The van der Waals surface area contributed by atoms with E-state index in [1.165, 1.54) is 12.1 Å². The Morgan fingerprint density at radius 1 is 1.33 bits per heavy atom. The Morgan fingerprint density at radius 2 is 2.05 bits per heavy atom. The number of halogens is 2. The normalized spacial score (nSPS) is 12.1. The fourth-order valence-electron chi connectivity index (χ4n) is 2.07. The zero-order chi connectivity index (χ0) is 15.4. The number of hydrogen-bond acceptors (Lipinski definition) is 3. The molecule has 21 heavy (non-hydrogen) atoms. The summed E-state index contributed by atoms with van der Waals surface area (Å²) in [6, 6.07) is 11.0. The number of nitro benzene ring substituents is 1. The largest absolute Gasteiger partial charge is 0.306 e. The molecule has 0 saturated carbocycles. The number of nitro groups is 1. The van der Waals surface area contributed by atoms with E-state index >= 15 is 0 Å². The van der Waals surface area contributed by atoms with Gasteiger partial charge in [0.15, 0.2) is 0 Å². The maximum absolute atomic E-state index is 13.7. The molecule has 0 heterocycles. The van der Waals surface area contributed by atoms with E-state index in [-0.39, 0.29) is 17.5 Å². The number of hydrogen-bond donors (Lipinski definition) is 1. The molecule has 0 radical (unpaired) electrons. The van der Waals surface area contributed by atoms with Crippen LogP contribution in [0.4, 0.5) is 10.1 Å². The first-order valence-corrected chi connectivity index (χ1v) is 7.19. The van der Waals surface area contributed by atoms with Crippen LogP contribution in [-0.4, -0.2) is 4.92 Å². The molecule has 1 unspecified atom stereocenters. The molecule has 4 nitrogen and oxygen atoms in total. The first-order valence-electron chi connectivity index (χ1n) is 6.39. The summed E-state index contributed by atoms with van der Waals surface area (Å²) < 4.78 is 14.5. The Bertz CT molecular complexity index is 664. The molecule has 0 aromatic heterocycles. The molecule has 6 heteroatoms. The predicted octanol–water partition coefficient (Wildman–Crippen LogP) is 4.35. The van der Waals surface area contributed by atoms with Crippen molar-refractivity contribution in [3.63, 3.8) is 0 Å². The van der Waals surface area contributed by atoms with Gasteiger partial charge in [0.25, 0.3) is 5.69 Å². The van der Waals surface area contributed by atoms with Gasteiger partial charge in [-0.3, -0.25) is 10.1 Å². The fraction of sp³-hybridized carbons (Fsp3) is 0.200. The lowest BCUT2D eigenvalue weighted by Crippen LogP contribution is -2.19. The highest BCUT2D eigenvalue weighted by Crippen LogP contribution is 2.25. The third-order valence-corrected chi connectivity index (χ3v) is 3.70. The molecule has 1 atom stereocenters. The zero-order valence-electron chi connectivity index (χ0n) is 11.3. The van der Waals surface area contributed by atoms with Crippen LogP contribution in [-0.2, 0) is 6.54 Å². The van der Waals surface area contributed by atoms with Gasteiger partial charge in [0.05, 0.1) is 4.92 Å². The fourth-order valence-corrected chi connectivity index (χ4v) is 2.48. The van der Waals surface area contributed by atoms with Gasteiger partial charge in [0.1, 0.15) is 5.82 Å². The van der Waals surface area contributed by atoms with Crippen molar-refractivity contribution in [3.8, 4) is 0 Å². The quantitative estimate of drug-likeness (QED) is 0.642. The number of para-hydroxylation sites is 1. The maximum atomic E-state index is 13.7. The SMILES string of the molecule is CC(NCc1cc(Br)ccc1F)c1ccccc1[N+](=O)[O-]. The second kappa shape index (κ2) is 6.78. The maximum Gasteiger partial charge on any atom is 0.274 e. The number of benzene rings is 2. The van der Waals surface area contributed by atoms with E-state index in [2.05, 4.69) is 21.2 Å². The van der Waals surface area contributed by atoms with Gasteiger partial charge in [-0.05, 0) is 25.1 Å². The second-order valence-corrected chi connectivity index (χ2v) is 5.57. The first-order chi connectivity index (χ1) is 9.99. The van der Waals surface area contributed by atoms with Gasteiger partial charge in [0, 0.05) is 34.3 Å². The molecule has 0 aliphatic heterocycles. The van der Waals surface area contributed by atoms with E-state index < -0.39 is 4.92 Å². The monoisotopic (exact) mass is 352 g/mol. The molecule has 0 spiro atoms. The van der Waals surface area contributed by atoms with Gasteiger partial charge < -0.3 is 5.32 Å². The highest BCUT2D eigenvalue weighted by atomic mass is 79.9. The summed E-state index contributed by atoms with van der Waals surface area (Å²) in [6.45, 7) is 2.11. The highest BCUT2D eigenvalue weighted by molar-refractivity contribution is 9.10. The molecule has 0 amide bonds. The molecule has 110 valence electrons. The minimum atomic E-state index is -0.410. The summed E-state index contributed by atoms with van der Waals surface area (Å²) in [5.74, 6) is -0.305. The van der Waals surface area contributed by atoms with E-state index in [4.69, 9.17) is 0 Å². The Labute approximate surface area is 130 Å². The average molecular weight is 353 g/mol. The van der Waals surface area contributed by atoms with Crippen LogP contribution in [0.2, 0.25) is 0 Å². The van der Waals surface area contributed by atoms with Gasteiger partial charge in [-0.1, -0.05) is 34.1 Å². The highest BCUT2D eigenvalue weighted by Gasteiger charge is 2.18. The van der Waals surface area contributed by atoms with Crippen LogP contribution in [0.15, 0.2) is 46.9 Å². The van der Waals surface area contributed by atoms with Gasteiger partial charge in [-0.15, -0.1) is 0 Å². The number of nitrogens with zero attached hydrogens (tertiary/aromatic N) is 1. The molecular formula is C15H14BrFN2O2. The van der Waals surface area contributed by atoms with Gasteiger partial charge in [-0.25, -0.2) is 4.39 Å². The van der Waals surface area contributed by atoms with Crippen LogP contribution in [0.5, 0.6) is 0 Å². The minimum absolute atomic E-state index is 0.0622. The lowest BCUT2D eigenvalue weighted by atomic mass is 10.1. The van der Waals surface area contributed by atoms with Crippen molar-refractivity contribution < 1.29 is 9.31 Å². The van der Waals surface area contributed by atoms with Crippen LogP contribution in [0.1, 0.15) is 24.1 Å². The molecule has 0 bridgehead atoms. The number of nitrogens with one attached hydrogen (secondary N) is 1. The predicted molar refractivity (Wildman–Crippen MR) is 82.5 cm³/mol. The van der Waals surface area contributed by atoms with E-state index in [0.29, 0.717) is 17.7 Å². The number of rotatable bonds is 5. The Morgan fingerprint density at radius 3 is 2.76 bits per heavy atom.